The largest absolute Gasteiger partial charge is 0.502 e. The molecular weight excluding hydrogens is 326 g/mol. The fourth-order valence-electron chi connectivity index (χ4n) is 2.86. The molecule has 23 heavy (non-hydrogen) atoms. The first-order valence-electron chi connectivity index (χ1n) is 9.36. The van der Waals surface area contributed by atoms with E-state index in [1.807, 2.05) is 13.8 Å². The van der Waals surface area contributed by atoms with Crippen LogP contribution in [0, 0.1) is 0 Å². The average Bonchev–Trinajstić information content (AvgIpc) is 2.49. The molecule has 0 heterocycles. The fraction of sp³-hybridized carbons (Fsp3) is 1.00. The second-order valence-corrected chi connectivity index (χ2v) is 9.23. The molecule has 140 valence electrons. The van der Waals surface area contributed by atoms with Crippen molar-refractivity contribution in [2.24, 2.45) is 0 Å². The molecule has 2 unspecified atom stereocenters. The Morgan fingerprint density at radius 1 is 0.957 bits per heavy atom. The van der Waals surface area contributed by atoms with Crippen molar-refractivity contribution in [1.82, 2.24) is 4.90 Å². The van der Waals surface area contributed by atoms with Crippen LogP contribution in [0.25, 0.3) is 0 Å². The van der Waals surface area contributed by atoms with E-state index in [4.69, 9.17) is 13.3 Å². The molecule has 0 aliphatic rings. The molecule has 2 atom stereocenters. The maximum absolute atomic E-state index is 6.40. The molecular formula is C17H39NO3SSi. The molecule has 0 aliphatic heterocycles. The van der Waals surface area contributed by atoms with Crippen molar-refractivity contribution < 1.29 is 13.3 Å². The highest BCUT2D eigenvalue weighted by Gasteiger charge is 2.42. The number of nitrogens with zero attached hydrogens (tertiary/aromatic N) is 1. The summed E-state index contributed by atoms with van der Waals surface area (Å²) in [5, 5.41) is 0.468. The summed E-state index contributed by atoms with van der Waals surface area (Å²) in [5.74, 6) is 0. The average molecular weight is 366 g/mol. The van der Waals surface area contributed by atoms with E-state index in [1.165, 1.54) is 6.42 Å². The van der Waals surface area contributed by atoms with Crippen molar-refractivity contribution in [3.05, 3.63) is 0 Å². The zero-order valence-electron chi connectivity index (χ0n) is 16.1. The number of thiol groups is 1. The molecule has 0 aromatic carbocycles. The first kappa shape index (κ1) is 23.4. The van der Waals surface area contributed by atoms with Gasteiger partial charge in [-0.25, -0.2) is 0 Å². The first-order chi connectivity index (χ1) is 11.0. The van der Waals surface area contributed by atoms with Gasteiger partial charge in [-0.1, -0.05) is 27.2 Å². The Labute approximate surface area is 151 Å². The van der Waals surface area contributed by atoms with Gasteiger partial charge in [-0.3, -0.25) is 4.90 Å². The summed E-state index contributed by atoms with van der Waals surface area (Å²) in [7, 11) is -2.62. The van der Waals surface area contributed by atoms with Gasteiger partial charge in [0.05, 0.1) is 0 Å². The SMILES string of the molecule is CCCC(S)CCC[Si](OCC)(OCC)OC(C)N(CC)CC. The third kappa shape index (κ3) is 9.46. The molecule has 0 amide bonds. The quantitative estimate of drug-likeness (QED) is 0.261. The van der Waals surface area contributed by atoms with Crippen molar-refractivity contribution in [2.75, 3.05) is 26.3 Å². The van der Waals surface area contributed by atoms with Gasteiger partial charge in [-0.2, -0.15) is 12.6 Å². The summed E-state index contributed by atoms with van der Waals surface area (Å²) < 4.78 is 18.5. The summed E-state index contributed by atoms with van der Waals surface area (Å²) in [6.07, 6.45) is 4.51. The van der Waals surface area contributed by atoms with Crippen LogP contribution >= 0.6 is 12.6 Å². The van der Waals surface area contributed by atoms with Crippen LogP contribution in [0.2, 0.25) is 6.04 Å². The van der Waals surface area contributed by atoms with E-state index in [9.17, 15) is 0 Å². The van der Waals surface area contributed by atoms with E-state index in [-0.39, 0.29) is 6.23 Å². The van der Waals surface area contributed by atoms with Gasteiger partial charge < -0.3 is 13.3 Å². The first-order valence-corrected chi connectivity index (χ1v) is 11.8. The molecule has 0 N–H and O–H groups in total. The molecule has 0 aliphatic carbocycles. The summed E-state index contributed by atoms with van der Waals surface area (Å²) in [4.78, 5) is 2.29. The topological polar surface area (TPSA) is 30.9 Å². The summed E-state index contributed by atoms with van der Waals surface area (Å²) in [6.45, 7) is 15.9. The van der Waals surface area contributed by atoms with Crippen LogP contribution in [0.3, 0.4) is 0 Å². The number of rotatable bonds is 15. The molecule has 0 fully saturated rings. The molecule has 0 saturated carbocycles. The highest BCUT2D eigenvalue weighted by Crippen LogP contribution is 2.24. The lowest BCUT2D eigenvalue weighted by Gasteiger charge is -2.36. The van der Waals surface area contributed by atoms with Crippen LogP contribution < -0.4 is 0 Å². The third-order valence-corrected chi connectivity index (χ3v) is 7.69. The van der Waals surface area contributed by atoms with Crippen molar-refractivity contribution in [2.45, 2.75) is 84.7 Å². The third-order valence-electron chi connectivity index (χ3n) is 4.05. The minimum Gasteiger partial charge on any atom is -0.374 e. The number of hydrogen-bond donors (Lipinski definition) is 1. The van der Waals surface area contributed by atoms with Crippen molar-refractivity contribution in [3.63, 3.8) is 0 Å². The van der Waals surface area contributed by atoms with Gasteiger partial charge in [0.2, 0.25) is 0 Å². The van der Waals surface area contributed by atoms with E-state index in [2.05, 4.69) is 45.2 Å². The lowest BCUT2D eigenvalue weighted by Crippen LogP contribution is -2.51. The molecule has 0 aromatic rings. The zero-order valence-corrected chi connectivity index (χ0v) is 18.0. The highest BCUT2D eigenvalue weighted by atomic mass is 32.1. The van der Waals surface area contributed by atoms with Gasteiger partial charge in [0.1, 0.15) is 6.23 Å². The van der Waals surface area contributed by atoms with Crippen molar-refractivity contribution >= 4 is 21.4 Å². The van der Waals surface area contributed by atoms with Crippen molar-refractivity contribution in [1.29, 1.82) is 0 Å². The minimum absolute atomic E-state index is 0.0252. The Balaban J connectivity index is 4.78. The van der Waals surface area contributed by atoms with E-state index < -0.39 is 8.80 Å². The minimum atomic E-state index is -2.62. The molecule has 4 nitrogen and oxygen atoms in total. The maximum atomic E-state index is 6.40. The smallest absolute Gasteiger partial charge is 0.374 e. The molecule has 0 spiro atoms. The van der Waals surface area contributed by atoms with E-state index in [0.29, 0.717) is 18.5 Å². The Bertz CT molecular complexity index is 275. The second kappa shape index (κ2) is 13.7. The van der Waals surface area contributed by atoms with Gasteiger partial charge in [-0.05, 0) is 53.1 Å². The summed E-state index contributed by atoms with van der Waals surface area (Å²) in [5.41, 5.74) is 0. The zero-order chi connectivity index (χ0) is 17.7. The molecule has 0 radical (unpaired) electrons. The number of hydrogen-bond acceptors (Lipinski definition) is 5. The molecule has 0 aromatic heterocycles. The Morgan fingerprint density at radius 2 is 1.52 bits per heavy atom. The molecule has 0 saturated heterocycles. The van der Waals surface area contributed by atoms with Crippen LogP contribution in [0.5, 0.6) is 0 Å². The van der Waals surface area contributed by atoms with Gasteiger partial charge in [0.15, 0.2) is 0 Å². The summed E-state index contributed by atoms with van der Waals surface area (Å²) >= 11 is 4.66. The van der Waals surface area contributed by atoms with Gasteiger partial charge in [-0.15, -0.1) is 0 Å². The van der Waals surface area contributed by atoms with E-state index in [0.717, 1.165) is 38.4 Å². The van der Waals surface area contributed by atoms with Gasteiger partial charge in [0.25, 0.3) is 0 Å². The fourth-order valence-corrected chi connectivity index (χ4v) is 6.11. The van der Waals surface area contributed by atoms with Gasteiger partial charge in [0, 0.05) is 24.5 Å². The maximum Gasteiger partial charge on any atom is 0.502 e. The van der Waals surface area contributed by atoms with E-state index >= 15 is 0 Å². The van der Waals surface area contributed by atoms with Crippen LogP contribution in [-0.4, -0.2) is 51.5 Å². The normalized spacial score (nSPS) is 15.1. The lowest BCUT2D eigenvalue weighted by atomic mass is 10.2. The predicted octanol–water partition coefficient (Wildman–Crippen LogP) is 4.58. The molecule has 0 bridgehead atoms. The Hall–Kier alpha value is 0.407. The Kier molecular flexibility index (Phi) is 13.9. The highest BCUT2D eigenvalue weighted by molar-refractivity contribution is 7.80. The summed E-state index contributed by atoms with van der Waals surface area (Å²) in [6, 6.07) is 0.876. The lowest BCUT2D eigenvalue weighted by molar-refractivity contribution is -0.0304. The van der Waals surface area contributed by atoms with Gasteiger partial charge >= 0.3 is 8.80 Å². The second-order valence-electron chi connectivity index (χ2n) is 5.82. The van der Waals surface area contributed by atoms with E-state index in [1.54, 1.807) is 0 Å². The molecule has 6 heteroatoms. The van der Waals surface area contributed by atoms with Crippen molar-refractivity contribution in [3.8, 4) is 0 Å². The van der Waals surface area contributed by atoms with Crippen LogP contribution in [0.15, 0.2) is 0 Å². The molecule has 0 rings (SSSR count). The monoisotopic (exact) mass is 365 g/mol. The predicted molar refractivity (Wildman–Crippen MR) is 104 cm³/mol. The van der Waals surface area contributed by atoms with Crippen LogP contribution in [-0.2, 0) is 13.3 Å². The van der Waals surface area contributed by atoms with Crippen LogP contribution in [0.4, 0.5) is 0 Å². The van der Waals surface area contributed by atoms with Crippen LogP contribution in [0.1, 0.15) is 67.2 Å². The standard InChI is InChI=1S/C17H39NO3SSi/c1-7-13-17(22)14-12-15-23(19-10-4,20-11-5)21-16(6)18(8-2)9-3/h16-17,22H,7-15H2,1-6H3. The Morgan fingerprint density at radius 3 is 1.96 bits per heavy atom.